The summed E-state index contributed by atoms with van der Waals surface area (Å²) in [5.74, 6) is -0.359. The van der Waals surface area contributed by atoms with Gasteiger partial charge in [-0.15, -0.1) is 0 Å². The number of benzene rings is 2. The molecule has 0 bridgehead atoms. The van der Waals surface area contributed by atoms with Crippen molar-refractivity contribution in [3.05, 3.63) is 56.5 Å². The van der Waals surface area contributed by atoms with Gasteiger partial charge in [-0.25, -0.2) is 0 Å². The number of hydrogen-bond acceptors (Lipinski definition) is 3. The molecule has 0 fully saturated rings. The quantitative estimate of drug-likeness (QED) is 0.757. The third-order valence-electron chi connectivity index (χ3n) is 2.61. The van der Waals surface area contributed by atoms with Crippen LogP contribution < -0.4 is 11.1 Å². The maximum absolute atomic E-state index is 12.2. The number of carbonyl (C=O) groups is 1. The van der Waals surface area contributed by atoms with Gasteiger partial charge in [-0.1, -0.05) is 31.9 Å². The number of amides is 1. The zero-order valence-electron chi connectivity index (χ0n) is 10.2. The minimum Gasteiger partial charge on any atom is -0.398 e. The molecule has 0 aliphatic carbocycles. The molecule has 6 heteroatoms. The van der Waals surface area contributed by atoms with Gasteiger partial charge >= 0.3 is 0 Å². The van der Waals surface area contributed by atoms with E-state index in [1.165, 1.54) is 0 Å². The van der Waals surface area contributed by atoms with Gasteiger partial charge in [-0.3, -0.25) is 4.79 Å². The molecule has 100 valence electrons. The second-order valence-electron chi connectivity index (χ2n) is 3.99. The third kappa shape index (κ3) is 3.18. The number of nitriles is 1. The van der Waals surface area contributed by atoms with Crippen molar-refractivity contribution in [3.8, 4) is 6.07 Å². The van der Waals surface area contributed by atoms with E-state index in [1.807, 2.05) is 6.07 Å². The molecule has 0 saturated carbocycles. The zero-order valence-corrected chi connectivity index (χ0v) is 13.3. The topological polar surface area (TPSA) is 78.9 Å². The van der Waals surface area contributed by atoms with Crippen LogP contribution in [0.1, 0.15) is 15.9 Å². The van der Waals surface area contributed by atoms with E-state index in [4.69, 9.17) is 11.0 Å². The van der Waals surface area contributed by atoms with Crippen molar-refractivity contribution in [1.82, 2.24) is 0 Å². The average molecular weight is 395 g/mol. The lowest BCUT2D eigenvalue weighted by molar-refractivity contribution is 0.102. The second kappa shape index (κ2) is 6.07. The van der Waals surface area contributed by atoms with Crippen LogP contribution in [-0.4, -0.2) is 5.91 Å². The van der Waals surface area contributed by atoms with E-state index in [9.17, 15) is 4.79 Å². The molecule has 0 saturated heterocycles. The number of anilines is 2. The summed E-state index contributed by atoms with van der Waals surface area (Å²) in [7, 11) is 0. The molecule has 1 amide bonds. The van der Waals surface area contributed by atoms with Crippen LogP contribution >= 0.6 is 31.9 Å². The highest BCUT2D eigenvalue weighted by Crippen LogP contribution is 2.23. The minimum atomic E-state index is -0.359. The van der Waals surface area contributed by atoms with Crippen molar-refractivity contribution in [1.29, 1.82) is 5.26 Å². The summed E-state index contributed by atoms with van der Waals surface area (Å²) >= 11 is 6.57. The largest absolute Gasteiger partial charge is 0.398 e. The predicted molar refractivity (Wildman–Crippen MR) is 85.4 cm³/mol. The molecule has 4 nitrogen and oxygen atoms in total. The van der Waals surface area contributed by atoms with E-state index in [1.54, 1.807) is 36.4 Å². The van der Waals surface area contributed by atoms with Gasteiger partial charge in [-0.2, -0.15) is 5.26 Å². The summed E-state index contributed by atoms with van der Waals surface area (Å²) < 4.78 is 1.53. The number of carbonyl (C=O) groups excluding carboxylic acids is 1. The molecule has 2 rings (SSSR count). The lowest BCUT2D eigenvalue weighted by atomic mass is 10.1. The van der Waals surface area contributed by atoms with Crippen LogP contribution in [0.15, 0.2) is 45.3 Å². The Morgan fingerprint density at radius 1 is 1.15 bits per heavy atom. The molecule has 0 heterocycles. The highest BCUT2D eigenvalue weighted by atomic mass is 79.9. The molecule has 0 aromatic heterocycles. The first-order valence-electron chi connectivity index (χ1n) is 5.57. The number of hydrogen-bond donors (Lipinski definition) is 2. The van der Waals surface area contributed by atoms with Crippen LogP contribution in [0.4, 0.5) is 11.4 Å². The van der Waals surface area contributed by atoms with Gasteiger partial charge in [0.2, 0.25) is 0 Å². The molecule has 2 aromatic rings. The summed E-state index contributed by atoms with van der Waals surface area (Å²) in [6, 6.07) is 12.1. The Labute approximate surface area is 132 Å². The first kappa shape index (κ1) is 14.6. The summed E-state index contributed by atoms with van der Waals surface area (Å²) in [4.78, 5) is 12.2. The fourth-order valence-electron chi connectivity index (χ4n) is 1.63. The van der Waals surface area contributed by atoms with Crippen molar-refractivity contribution in [2.24, 2.45) is 0 Å². The number of nitrogen functional groups attached to an aromatic ring is 1. The van der Waals surface area contributed by atoms with Crippen LogP contribution in [0, 0.1) is 11.3 Å². The van der Waals surface area contributed by atoms with Gasteiger partial charge in [0.05, 0.1) is 16.8 Å². The van der Waals surface area contributed by atoms with Gasteiger partial charge in [0.15, 0.2) is 0 Å². The lowest BCUT2D eigenvalue weighted by Crippen LogP contribution is -2.14. The third-order valence-corrected chi connectivity index (χ3v) is 3.60. The first-order valence-corrected chi connectivity index (χ1v) is 7.16. The molecular weight excluding hydrogens is 386 g/mol. The molecular formula is C14H9Br2N3O. The van der Waals surface area contributed by atoms with Crippen molar-refractivity contribution in [2.75, 3.05) is 11.1 Å². The summed E-state index contributed by atoms with van der Waals surface area (Å²) in [6.07, 6.45) is 0. The van der Waals surface area contributed by atoms with E-state index in [0.717, 1.165) is 8.95 Å². The molecule has 0 radical (unpaired) electrons. The Balaban J connectivity index is 2.33. The fourth-order valence-corrected chi connectivity index (χ4v) is 2.35. The monoisotopic (exact) mass is 393 g/mol. The molecule has 0 aliphatic heterocycles. The first-order chi connectivity index (χ1) is 9.51. The molecule has 0 atom stereocenters. The highest BCUT2D eigenvalue weighted by Gasteiger charge is 2.12. The molecule has 0 spiro atoms. The van der Waals surface area contributed by atoms with Crippen LogP contribution in [0.25, 0.3) is 0 Å². The predicted octanol–water partition coefficient (Wildman–Crippen LogP) is 3.92. The number of rotatable bonds is 2. The van der Waals surface area contributed by atoms with E-state index >= 15 is 0 Å². The second-order valence-corrected chi connectivity index (χ2v) is 5.82. The maximum atomic E-state index is 12.2. The standard InChI is InChI=1S/C14H9Br2N3O/c15-9-2-4-13(8(5-9)7-17)19-14(20)11-6-10(16)1-3-12(11)18/h1-6H,18H2,(H,19,20). The Morgan fingerprint density at radius 3 is 2.50 bits per heavy atom. The van der Waals surface area contributed by atoms with Crippen LogP contribution in [-0.2, 0) is 0 Å². The summed E-state index contributed by atoms with van der Waals surface area (Å²) in [5, 5.41) is 11.8. The van der Waals surface area contributed by atoms with Crippen molar-refractivity contribution < 1.29 is 4.79 Å². The van der Waals surface area contributed by atoms with Crippen LogP contribution in [0.5, 0.6) is 0 Å². The van der Waals surface area contributed by atoms with Gasteiger partial charge in [0.25, 0.3) is 5.91 Å². The lowest BCUT2D eigenvalue weighted by Gasteiger charge is -2.09. The Morgan fingerprint density at radius 2 is 1.80 bits per heavy atom. The van der Waals surface area contributed by atoms with Crippen LogP contribution in [0.3, 0.4) is 0 Å². The van der Waals surface area contributed by atoms with Crippen molar-refractivity contribution >= 4 is 49.1 Å². The zero-order chi connectivity index (χ0) is 14.7. The molecule has 3 N–H and O–H groups in total. The van der Waals surface area contributed by atoms with Gasteiger partial charge < -0.3 is 11.1 Å². The normalized spacial score (nSPS) is 9.85. The highest BCUT2D eigenvalue weighted by molar-refractivity contribution is 9.10. The Kier molecular flexibility index (Phi) is 4.42. The SMILES string of the molecule is N#Cc1cc(Br)ccc1NC(=O)c1cc(Br)ccc1N. The van der Waals surface area contributed by atoms with E-state index in [-0.39, 0.29) is 5.91 Å². The summed E-state index contributed by atoms with van der Waals surface area (Å²) in [6.45, 7) is 0. The number of nitrogens with two attached hydrogens (primary N) is 1. The minimum absolute atomic E-state index is 0.353. The number of nitrogens with one attached hydrogen (secondary N) is 1. The van der Waals surface area contributed by atoms with Gasteiger partial charge in [0, 0.05) is 14.6 Å². The number of halogens is 2. The van der Waals surface area contributed by atoms with Crippen LogP contribution in [0.2, 0.25) is 0 Å². The summed E-state index contributed by atoms with van der Waals surface area (Å²) in [5.41, 5.74) is 7.33. The van der Waals surface area contributed by atoms with Gasteiger partial charge in [0.1, 0.15) is 6.07 Å². The Hall–Kier alpha value is -1.84. The molecule has 0 unspecified atom stereocenters. The Bertz CT molecular complexity index is 723. The maximum Gasteiger partial charge on any atom is 0.257 e. The number of nitrogens with zero attached hydrogens (tertiary/aromatic N) is 1. The van der Waals surface area contributed by atoms with Gasteiger partial charge in [-0.05, 0) is 36.4 Å². The molecule has 2 aromatic carbocycles. The van der Waals surface area contributed by atoms with E-state index in [2.05, 4.69) is 37.2 Å². The van der Waals surface area contributed by atoms with Crippen molar-refractivity contribution in [3.63, 3.8) is 0 Å². The smallest absolute Gasteiger partial charge is 0.257 e. The van der Waals surface area contributed by atoms with E-state index in [0.29, 0.717) is 22.5 Å². The van der Waals surface area contributed by atoms with Crippen molar-refractivity contribution in [2.45, 2.75) is 0 Å². The van der Waals surface area contributed by atoms with E-state index < -0.39 is 0 Å². The average Bonchev–Trinajstić information content (AvgIpc) is 2.43. The molecule has 0 aliphatic rings. The molecule has 20 heavy (non-hydrogen) atoms. The fraction of sp³-hybridized carbons (Fsp3) is 0.